The number of hydrogen-bond donors (Lipinski definition) is 0. The van der Waals surface area contributed by atoms with E-state index in [0.717, 1.165) is 40.3 Å². The lowest BCUT2D eigenvalue weighted by Gasteiger charge is -2.34. The summed E-state index contributed by atoms with van der Waals surface area (Å²) in [6, 6.07) is 11.5. The van der Waals surface area contributed by atoms with Crippen molar-refractivity contribution in [1.82, 2.24) is 14.8 Å². The van der Waals surface area contributed by atoms with Gasteiger partial charge in [0.1, 0.15) is 0 Å². The topological polar surface area (TPSA) is 49.6 Å². The van der Waals surface area contributed by atoms with E-state index < -0.39 is 0 Å². The van der Waals surface area contributed by atoms with Crippen molar-refractivity contribution in [2.45, 2.75) is 13.5 Å². The van der Waals surface area contributed by atoms with E-state index in [-0.39, 0.29) is 5.91 Å². The maximum atomic E-state index is 12.4. The average molecular weight is 370 g/mol. The van der Waals surface area contributed by atoms with Gasteiger partial charge in [0.05, 0.1) is 22.5 Å². The predicted molar refractivity (Wildman–Crippen MR) is 101 cm³/mol. The van der Waals surface area contributed by atoms with Crippen molar-refractivity contribution in [3.05, 3.63) is 64.7 Å². The van der Waals surface area contributed by atoms with Gasteiger partial charge in [0.25, 0.3) is 5.91 Å². The number of piperazine rings is 1. The van der Waals surface area contributed by atoms with E-state index in [1.165, 1.54) is 6.26 Å². The van der Waals surface area contributed by atoms with E-state index >= 15 is 0 Å². The van der Waals surface area contributed by atoms with Crippen LogP contribution in [0.3, 0.4) is 0 Å². The Morgan fingerprint density at radius 1 is 1.15 bits per heavy atom. The van der Waals surface area contributed by atoms with Crippen molar-refractivity contribution in [2.75, 3.05) is 26.2 Å². The molecule has 0 aliphatic carbocycles. The molecule has 0 spiro atoms. The Kier molecular flexibility index (Phi) is 4.66. The molecule has 0 N–H and O–H groups in total. The zero-order valence-electron chi connectivity index (χ0n) is 14.6. The van der Waals surface area contributed by atoms with Gasteiger partial charge in [0, 0.05) is 38.1 Å². The van der Waals surface area contributed by atoms with Gasteiger partial charge in [-0.1, -0.05) is 29.8 Å². The van der Waals surface area contributed by atoms with E-state index in [1.807, 2.05) is 36.1 Å². The van der Waals surface area contributed by atoms with Gasteiger partial charge in [0.15, 0.2) is 5.76 Å². The highest BCUT2D eigenvalue weighted by Gasteiger charge is 2.24. The maximum Gasteiger partial charge on any atom is 0.289 e. The van der Waals surface area contributed by atoms with Crippen molar-refractivity contribution >= 4 is 28.4 Å². The minimum Gasteiger partial charge on any atom is -0.459 e. The summed E-state index contributed by atoms with van der Waals surface area (Å²) in [5.41, 5.74) is 2.93. The zero-order valence-corrected chi connectivity index (χ0v) is 15.4. The molecule has 1 saturated heterocycles. The van der Waals surface area contributed by atoms with Crippen LogP contribution in [0.4, 0.5) is 0 Å². The first-order chi connectivity index (χ1) is 12.6. The van der Waals surface area contributed by atoms with Gasteiger partial charge in [-0.2, -0.15) is 0 Å². The molecule has 26 heavy (non-hydrogen) atoms. The van der Waals surface area contributed by atoms with Crippen LogP contribution in [-0.2, 0) is 6.54 Å². The number of amides is 1. The maximum absolute atomic E-state index is 12.4. The van der Waals surface area contributed by atoms with Crippen LogP contribution in [0.5, 0.6) is 0 Å². The molecule has 1 aliphatic rings. The first kappa shape index (κ1) is 17.1. The molecule has 1 aromatic carbocycles. The second-order valence-corrected chi connectivity index (χ2v) is 6.94. The lowest BCUT2D eigenvalue weighted by atomic mass is 10.1. The molecule has 1 aliphatic heterocycles. The van der Waals surface area contributed by atoms with Crippen LogP contribution in [-0.4, -0.2) is 46.9 Å². The molecule has 0 radical (unpaired) electrons. The second kappa shape index (κ2) is 7.09. The van der Waals surface area contributed by atoms with Gasteiger partial charge in [-0.15, -0.1) is 0 Å². The number of pyridine rings is 1. The molecule has 134 valence electrons. The summed E-state index contributed by atoms with van der Waals surface area (Å²) < 4.78 is 5.21. The number of fused-ring (bicyclic) bond motifs is 1. The Hall–Kier alpha value is -2.37. The molecule has 1 amide bonds. The molecule has 0 bridgehead atoms. The molecule has 0 saturated carbocycles. The van der Waals surface area contributed by atoms with E-state index in [1.54, 1.807) is 12.1 Å². The SMILES string of the molecule is Cc1c(Cl)c(CN2CCN(C(=O)c3ccco3)CC2)nc2ccccc12. The summed E-state index contributed by atoms with van der Waals surface area (Å²) in [4.78, 5) is 21.2. The second-order valence-electron chi connectivity index (χ2n) is 6.56. The lowest BCUT2D eigenvalue weighted by Crippen LogP contribution is -2.48. The van der Waals surface area contributed by atoms with Gasteiger partial charge in [0.2, 0.25) is 0 Å². The van der Waals surface area contributed by atoms with E-state index in [9.17, 15) is 4.79 Å². The van der Waals surface area contributed by atoms with Crippen molar-refractivity contribution < 1.29 is 9.21 Å². The highest BCUT2D eigenvalue weighted by atomic mass is 35.5. The van der Waals surface area contributed by atoms with Crippen LogP contribution < -0.4 is 0 Å². The van der Waals surface area contributed by atoms with Crippen LogP contribution >= 0.6 is 11.6 Å². The minimum absolute atomic E-state index is 0.0487. The molecular weight excluding hydrogens is 350 g/mol. The fourth-order valence-corrected chi connectivity index (χ4v) is 3.60. The van der Waals surface area contributed by atoms with Crippen molar-refractivity contribution in [1.29, 1.82) is 0 Å². The molecule has 0 unspecified atom stereocenters. The number of carbonyl (C=O) groups excluding carboxylic acids is 1. The summed E-state index contributed by atoms with van der Waals surface area (Å²) in [5.74, 6) is 0.348. The number of para-hydroxylation sites is 1. The van der Waals surface area contributed by atoms with Crippen LogP contribution in [0.25, 0.3) is 10.9 Å². The Balaban J connectivity index is 1.45. The molecule has 5 nitrogen and oxygen atoms in total. The fourth-order valence-electron chi connectivity index (χ4n) is 3.40. The van der Waals surface area contributed by atoms with Gasteiger partial charge >= 0.3 is 0 Å². The Labute approximate surface area is 157 Å². The first-order valence-corrected chi connectivity index (χ1v) is 9.10. The molecular formula is C20H20ClN3O2. The summed E-state index contributed by atoms with van der Waals surface area (Å²) in [6.07, 6.45) is 1.53. The molecule has 1 fully saturated rings. The standard InChI is InChI=1S/C20H20ClN3O2/c1-14-15-5-2-3-6-16(15)22-17(19(14)21)13-23-8-10-24(11-9-23)20(25)18-7-4-12-26-18/h2-7,12H,8-11,13H2,1H3. The van der Waals surface area contributed by atoms with E-state index in [2.05, 4.69) is 4.90 Å². The zero-order chi connectivity index (χ0) is 18.1. The van der Waals surface area contributed by atoms with E-state index in [0.29, 0.717) is 25.4 Å². The van der Waals surface area contributed by atoms with Gasteiger partial charge in [-0.25, -0.2) is 4.98 Å². The largest absolute Gasteiger partial charge is 0.459 e. The molecule has 2 aromatic heterocycles. The number of hydrogen-bond acceptors (Lipinski definition) is 4. The van der Waals surface area contributed by atoms with Gasteiger partial charge < -0.3 is 9.32 Å². The number of furan rings is 1. The highest BCUT2D eigenvalue weighted by Crippen LogP contribution is 2.28. The number of carbonyl (C=O) groups is 1. The summed E-state index contributed by atoms with van der Waals surface area (Å²) >= 11 is 6.57. The summed E-state index contributed by atoms with van der Waals surface area (Å²) in [6.45, 7) is 5.64. The lowest BCUT2D eigenvalue weighted by molar-refractivity contribution is 0.0596. The molecule has 6 heteroatoms. The smallest absolute Gasteiger partial charge is 0.289 e. The Morgan fingerprint density at radius 2 is 1.92 bits per heavy atom. The van der Waals surface area contributed by atoms with Crippen LogP contribution in [0.15, 0.2) is 47.1 Å². The number of halogens is 1. The highest BCUT2D eigenvalue weighted by molar-refractivity contribution is 6.32. The van der Waals surface area contributed by atoms with Crippen molar-refractivity contribution in [3.63, 3.8) is 0 Å². The molecule has 4 rings (SSSR count). The Morgan fingerprint density at radius 3 is 2.65 bits per heavy atom. The third-order valence-electron chi connectivity index (χ3n) is 4.91. The summed E-state index contributed by atoms with van der Waals surface area (Å²) in [7, 11) is 0. The van der Waals surface area contributed by atoms with E-state index in [4.69, 9.17) is 21.0 Å². The monoisotopic (exact) mass is 369 g/mol. The molecule has 3 heterocycles. The van der Waals surface area contributed by atoms with Crippen molar-refractivity contribution in [3.8, 4) is 0 Å². The third kappa shape index (κ3) is 3.20. The number of aromatic nitrogens is 1. The van der Waals surface area contributed by atoms with Crippen LogP contribution in [0.2, 0.25) is 5.02 Å². The number of aryl methyl sites for hydroxylation is 1. The van der Waals surface area contributed by atoms with Gasteiger partial charge in [-0.3, -0.25) is 9.69 Å². The number of nitrogens with zero attached hydrogens (tertiary/aromatic N) is 3. The van der Waals surface area contributed by atoms with Crippen LogP contribution in [0, 0.1) is 6.92 Å². The predicted octanol–water partition coefficient (Wildman–Crippen LogP) is 3.75. The summed E-state index contributed by atoms with van der Waals surface area (Å²) in [5, 5.41) is 1.83. The molecule has 0 atom stereocenters. The normalized spacial score (nSPS) is 15.5. The van der Waals surface area contributed by atoms with Crippen molar-refractivity contribution in [2.24, 2.45) is 0 Å². The number of rotatable bonds is 3. The minimum atomic E-state index is -0.0487. The van der Waals surface area contributed by atoms with Gasteiger partial charge in [-0.05, 0) is 30.7 Å². The first-order valence-electron chi connectivity index (χ1n) is 8.72. The fraction of sp³-hybridized carbons (Fsp3) is 0.300. The third-order valence-corrected chi connectivity index (χ3v) is 5.41. The quantitative estimate of drug-likeness (QED) is 0.705. The number of benzene rings is 1. The van der Waals surface area contributed by atoms with Crippen LogP contribution in [0.1, 0.15) is 21.8 Å². The average Bonchev–Trinajstić information content (AvgIpc) is 3.21. The molecule has 3 aromatic rings. The Bertz CT molecular complexity index is 932.